The Morgan fingerprint density at radius 2 is 1.94 bits per heavy atom. The molecular weight excluding hydrogens is 460 g/mol. The van der Waals surface area contributed by atoms with Gasteiger partial charge in [0.05, 0.1) is 10.6 Å². The lowest BCUT2D eigenvalue weighted by molar-refractivity contribution is -0.119. The van der Waals surface area contributed by atoms with Crippen LogP contribution in [0.3, 0.4) is 0 Å². The Hall–Kier alpha value is -4.19. The van der Waals surface area contributed by atoms with Crippen molar-refractivity contribution in [1.82, 2.24) is 14.7 Å². The minimum atomic E-state index is -3.99. The molecule has 1 aliphatic rings. The molecule has 176 valence electrons. The number of anilines is 5. The largest absolute Gasteiger partial charge is 0.482 e. The van der Waals surface area contributed by atoms with Gasteiger partial charge in [0, 0.05) is 29.6 Å². The summed E-state index contributed by atoms with van der Waals surface area (Å²) in [6.07, 6.45) is 1.66. The van der Waals surface area contributed by atoms with E-state index in [9.17, 15) is 18.0 Å². The number of carbonyl (C=O) groups is 2. The predicted molar refractivity (Wildman–Crippen MR) is 126 cm³/mol. The number of rotatable bonds is 7. The standard InChI is InChI=1S/C22H22N6O5S/c1-3-19(29)28-34(31,32)16-6-4-5-14(9-16)25-22-23-11-13(2)21(27-22)24-15-7-8-18-17(10-15)26-20(30)12-33-18/h4-11H,3,12H2,1-2H3,(H,26,30)(H,28,29)(H2,23,24,25,27). The molecule has 0 saturated heterocycles. The highest BCUT2D eigenvalue weighted by Gasteiger charge is 2.18. The molecular formula is C22H22N6O5S. The minimum Gasteiger partial charge on any atom is -0.482 e. The maximum absolute atomic E-state index is 12.4. The number of sulfonamides is 1. The van der Waals surface area contributed by atoms with Crippen molar-refractivity contribution in [3.63, 3.8) is 0 Å². The molecule has 1 aromatic heterocycles. The molecule has 0 fully saturated rings. The van der Waals surface area contributed by atoms with Gasteiger partial charge < -0.3 is 20.7 Å². The summed E-state index contributed by atoms with van der Waals surface area (Å²) in [5.74, 6) is 0.503. The zero-order valence-corrected chi connectivity index (χ0v) is 19.2. The van der Waals surface area contributed by atoms with Crippen LogP contribution in [0, 0.1) is 6.92 Å². The van der Waals surface area contributed by atoms with E-state index in [1.54, 1.807) is 43.5 Å². The summed E-state index contributed by atoms with van der Waals surface area (Å²) in [6.45, 7) is 3.38. The first kappa shape index (κ1) is 23.0. The average molecular weight is 483 g/mol. The lowest BCUT2D eigenvalue weighted by atomic mass is 10.2. The second-order valence-corrected chi connectivity index (χ2v) is 9.12. The lowest BCUT2D eigenvalue weighted by Crippen LogP contribution is -2.29. The summed E-state index contributed by atoms with van der Waals surface area (Å²) >= 11 is 0. The number of benzene rings is 2. The molecule has 1 aliphatic heterocycles. The van der Waals surface area contributed by atoms with E-state index in [1.807, 2.05) is 11.6 Å². The number of nitrogens with zero attached hydrogens (tertiary/aromatic N) is 2. The fourth-order valence-electron chi connectivity index (χ4n) is 3.08. The van der Waals surface area contributed by atoms with Gasteiger partial charge >= 0.3 is 0 Å². The maximum Gasteiger partial charge on any atom is 0.264 e. The highest BCUT2D eigenvalue weighted by atomic mass is 32.2. The van der Waals surface area contributed by atoms with E-state index in [1.165, 1.54) is 12.1 Å². The van der Waals surface area contributed by atoms with Crippen molar-refractivity contribution in [1.29, 1.82) is 0 Å². The topological polar surface area (TPSA) is 151 Å². The van der Waals surface area contributed by atoms with Crippen LogP contribution >= 0.6 is 0 Å². The molecule has 0 saturated carbocycles. The molecule has 0 unspecified atom stereocenters. The Bertz CT molecular complexity index is 1380. The second-order valence-electron chi connectivity index (χ2n) is 7.43. The summed E-state index contributed by atoms with van der Waals surface area (Å²) in [7, 11) is -3.99. The minimum absolute atomic E-state index is 0.0205. The third-order valence-electron chi connectivity index (χ3n) is 4.82. The SMILES string of the molecule is CCC(=O)NS(=O)(=O)c1cccc(Nc2ncc(C)c(Nc3ccc4c(c3)NC(=O)CO4)n2)c1. The van der Waals surface area contributed by atoms with E-state index >= 15 is 0 Å². The zero-order chi connectivity index (χ0) is 24.3. The normalized spacial score (nSPS) is 12.7. The number of amides is 2. The molecule has 2 amide bonds. The Labute approximate surface area is 196 Å². The number of aromatic nitrogens is 2. The molecule has 4 rings (SSSR count). The molecule has 0 aliphatic carbocycles. The molecule has 2 aromatic carbocycles. The number of hydrogen-bond acceptors (Lipinski definition) is 9. The van der Waals surface area contributed by atoms with E-state index in [4.69, 9.17) is 4.74 Å². The quantitative estimate of drug-likeness (QED) is 0.398. The molecule has 11 nitrogen and oxygen atoms in total. The van der Waals surface area contributed by atoms with E-state index in [2.05, 4.69) is 25.9 Å². The predicted octanol–water partition coefficient (Wildman–Crippen LogP) is 2.82. The van der Waals surface area contributed by atoms with Gasteiger partial charge in [0.1, 0.15) is 11.6 Å². The highest BCUT2D eigenvalue weighted by molar-refractivity contribution is 7.90. The Morgan fingerprint density at radius 1 is 1.15 bits per heavy atom. The van der Waals surface area contributed by atoms with E-state index in [-0.39, 0.29) is 29.8 Å². The number of nitrogens with one attached hydrogen (secondary N) is 4. The van der Waals surface area contributed by atoms with Crippen LogP contribution < -0.4 is 25.4 Å². The summed E-state index contributed by atoms with van der Waals surface area (Å²) in [5, 5.41) is 8.92. The maximum atomic E-state index is 12.4. The zero-order valence-electron chi connectivity index (χ0n) is 18.4. The number of ether oxygens (including phenoxy) is 1. The van der Waals surface area contributed by atoms with Gasteiger partial charge in [0.2, 0.25) is 11.9 Å². The van der Waals surface area contributed by atoms with Gasteiger partial charge in [-0.1, -0.05) is 13.0 Å². The smallest absolute Gasteiger partial charge is 0.264 e. The molecule has 0 spiro atoms. The van der Waals surface area contributed by atoms with E-state index in [0.717, 1.165) is 5.56 Å². The van der Waals surface area contributed by atoms with Crippen LogP contribution in [-0.2, 0) is 19.6 Å². The van der Waals surface area contributed by atoms with Crippen LogP contribution in [0.4, 0.5) is 28.8 Å². The van der Waals surface area contributed by atoms with Crippen LogP contribution in [0.15, 0.2) is 53.6 Å². The van der Waals surface area contributed by atoms with E-state index in [0.29, 0.717) is 28.6 Å². The van der Waals surface area contributed by atoms with Crippen LogP contribution in [0.2, 0.25) is 0 Å². The number of carbonyl (C=O) groups excluding carboxylic acids is 2. The fourth-order valence-corrected chi connectivity index (χ4v) is 4.18. The third-order valence-corrected chi connectivity index (χ3v) is 6.19. The van der Waals surface area contributed by atoms with Crippen LogP contribution in [0.1, 0.15) is 18.9 Å². The average Bonchev–Trinajstić information content (AvgIpc) is 2.81. The highest BCUT2D eigenvalue weighted by Crippen LogP contribution is 2.32. The van der Waals surface area contributed by atoms with E-state index < -0.39 is 15.9 Å². The van der Waals surface area contributed by atoms with Crippen LogP contribution in [0.5, 0.6) is 5.75 Å². The lowest BCUT2D eigenvalue weighted by Gasteiger charge is -2.19. The van der Waals surface area contributed by atoms with Crippen molar-refractivity contribution >= 4 is 50.7 Å². The third kappa shape index (κ3) is 5.23. The summed E-state index contributed by atoms with van der Waals surface area (Å²) in [6, 6.07) is 11.2. The van der Waals surface area contributed by atoms with Gasteiger partial charge in [0.25, 0.3) is 15.9 Å². The van der Waals surface area contributed by atoms with Crippen molar-refractivity contribution in [2.75, 3.05) is 22.6 Å². The number of aryl methyl sites for hydroxylation is 1. The first-order chi connectivity index (χ1) is 16.2. The summed E-state index contributed by atoms with van der Waals surface area (Å²) < 4.78 is 32.2. The Balaban J connectivity index is 1.54. The number of fused-ring (bicyclic) bond motifs is 1. The fraction of sp³-hybridized carbons (Fsp3) is 0.182. The van der Waals surface area contributed by atoms with Crippen molar-refractivity contribution in [2.24, 2.45) is 0 Å². The van der Waals surface area contributed by atoms with Crippen molar-refractivity contribution in [3.8, 4) is 5.75 Å². The van der Waals surface area contributed by atoms with Crippen LogP contribution in [0.25, 0.3) is 0 Å². The molecule has 12 heteroatoms. The molecule has 0 atom stereocenters. The first-order valence-electron chi connectivity index (χ1n) is 10.3. The molecule has 0 radical (unpaired) electrons. The molecule has 34 heavy (non-hydrogen) atoms. The first-order valence-corrected chi connectivity index (χ1v) is 11.8. The Kier molecular flexibility index (Phi) is 6.32. The molecule has 4 N–H and O–H groups in total. The Morgan fingerprint density at radius 3 is 2.74 bits per heavy atom. The van der Waals surface area contributed by atoms with Crippen molar-refractivity contribution < 1.29 is 22.7 Å². The van der Waals surface area contributed by atoms with Gasteiger partial charge in [-0.25, -0.2) is 18.1 Å². The molecule has 2 heterocycles. The summed E-state index contributed by atoms with van der Waals surface area (Å²) in [5.41, 5.74) is 2.42. The number of hydrogen-bond donors (Lipinski definition) is 4. The van der Waals surface area contributed by atoms with Crippen LogP contribution in [-0.4, -0.2) is 36.8 Å². The second kappa shape index (κ2) is 9.35. The van der Waals surface area contributed by atoms with Gasteiger partial charge in [-0.15, -0.1) is 0 Å². The van der Waals surface area contributed by atoms with Gasteiger partial charge in [-0.3, -0.25) is 9.59 Å². The monoisotopic (exact) mass is 482 g/mol. The van der Waals surface area contributed by atoms with Gasteiger partial charge in [-0.05, 0) is 43.3 Å². The molecule has 0 bridgehead atoms. The van der Waals surface area contributed by atoms with Crippen molar-refractivity contribution in [2.45, 2.75) is 25.2 Å². The van der Waals surface area contributed by atoms with Gasteiger partial charge in [0.15, 0.2) is 6.61 Å². The summed E-state index contributed by atoms with van der Waals surface area (Å²) in [4.78, 5) is 31.8. The molecule has 3 aromatic rings. The van der Waals surface area contributed by atoms with Crippen molar-refractivity contribution in [3.05, 3.63) is 54.2 Å². The van der Waals surface area contributed by atoms with Gasteiger partial charge in [-0.2, -0.15) is 4.98 Å².